The second-order valence-corrected chi connectivity index (χ2v) is 10.7. The first-order chi connectivity index (χ1) is 16.6. The van der Waals surface area contributed by atoms with E-state index in [0.717, 1.165) is 0 Å². The largest absolute Gasteiger partial charge is 0.495 e. The van der Waals surface area contributed by atoms with Gasteiger partial charge in [-0.25, -0.2) is 8.42 Å². The summed E-state index contributed by atoms with van der Waals surface area (Å²) >= 11 is 12.4. The van der Waals surface area contributed by atoms with E-state index in [-0.39, 0.29) is 52.2 Å². The van der Waals surface area contributed by atoms with Gasteiger partial charge in [0.05, 0.1) is 41.6 Å². The molecule has 2 aliphatic heterocycles. The summed E-state index contributed by atoms with van der Waals surface area (Å²) in [6.45, 7) is -0.0287. The van der Waals surface area contributed by atoms with Crippen molar-refractivity contribution in [2.45, 2.75) is 17.7 Å². The molecule has 35 heavy (non-hydrogen) atoms. The number of nitrogens with zero attached hydrogens (tertiary/aromatic N) is 1. The predicted octanol–water partition coefficient (Wildman–Crippen LogP) is 3.38. The van der Waals surface area contributed by atoms with Crippen molar-refractivity contribution in [1.29, 1.82) is 0 Å². The molecule has 0 aliphatic carbocycles. The number of piperidine rings is 1. The third-order valence-electron chi connectivity index (χ3n) is 5.77. The number of anilines is 2. The molecule has 2 amide bonds. The van der Waals surface area contributed by atoms with Gasteiger partial charge in [0.1, 0.15) is 22.1 Å². The van der Waals surface area contributed by atoms with Crippen LogP contribution in [0.3, 0.4) is 0 Å². The summed E-state index contributed by atoms with van der Waals surface area (Å²) in [6.07, 6.45) is 0.976. The van der Waals surface area contributed by atoms with E-state index in [9.17, 15) is 18.0 Å². The number of rotatable bonds is 6. The quantitative estimate of drug-likeness (QED) is 0.572. The highest BCUT2D eigenvalue weighted by Gasteiger charge is 2.35. The van der Waals surface area contributed by atoms with Crippen molar-refractivity contribution in [2.24, 2.45) is 5.92 Å². The molecule has 10 nitrogen and oxygen atoms in total. The minimum atomic E-state index is -4.04. The van der Waals surface area contributed by atoms with E-state index in [2.05, 4.69) is 10.6 Å². The minimum absolute atomic E-state index is 0.0363. The predicted molar refractivity (Wildman–Crippen MR) is 130 cm³/mol. The number of fused-ring (bicyclic) bond motifs is 1. The topological polar surface area (TPSA) is 123 Å². The van der Waals surface area contributed by atoms with Crippen LogP contribution in [-0.4, -0.2) is 58.5 Å². The van der Waals surface area contributed by atoms with Gasteiger partial charge < -0.3 is 24.8 Å². The van der Waals surface area contributed by atoms with Gasteiger partial charge in [-0.15, -0.1) is 0 Å². The van der Waals surface area contributed by atoms with Crippen LogP contribution in [0.25, 0.3) is 0 Å². The van der Waals surface area contributed by atoms with Gasteiger partial charge in [0.25, 0.3) is 5.91 Å². The number of hydrogen-bond donors (Lipinski definition) is 2. The molecule has 2 aliphatic rings. The van der Waals surface area contributed by atoms with E-state index in [1.807, 2.05) is 0 Å². The van der Waals surface area contributed by atoms with E-state index in [4.69, 9.17) is 37.4 Å². The number of carbonyl (C=O) groups excluding carboxylic acids is 2. The summed E-state index contributed by atoms with van der Waals surface area (Å²) in [6, 6.07) is 5.70. The average Bonchev–Trinajstić information content (AvgIpc) is 2.83. The van der Waals surface area contributed by atoms with E-state index in [1.54, 1.807) is 6.07 Å². The summed E-state index contributed by atoms with van der Waals surface area (Å²) in [5.74, 6) is -0.385. The number of halogens is 2. The van der Waals surface area contributed by atoms with E-state index in [1.165, 1.54) is 36.7 Å². The molecule has 0 bridgehead atoms. The zero-order chi connectivity index (χ0) is 25.3. The number of nitrogens with one attached hydrogen (secondary N) is 2. The fourth-order valence-corrected chi connectivity index (χ4v) is 6.27. The van der Waals surface area contributed by atoms with Gasteiger partial charge in [0.2, 0.25) is 15.9 Å². The molecule has 1 fully saturated rings. The van der Waals surface area contributed by atoms with Gasteiger partial charge in [-0.1, -0.05) is 23.2 Å². The van der Waals surface area contributed by atoms with Gasteiger partial charge in [-0.3, -0.25) is 9.59 Å². The first-order valence-electron chi connectivity index (χ1n) is 10.6. The minimum Gasteiger partial charge on any atom is -0.495 e. The fourth-order valence-electron chi connectivity index (χ4n) is 3.99. The van der Waals surface area contributed by atoms with Gasteiger partial charge in [0, 0.05) is 25.2 Å². The molecule has 0 aromatic heterocycles. The Labute approximate surface area is 212 Å². The number of carbonyl (C=O) groups is 2. The highest BCUT2D eigenvalue weighted by Crippen LogP contribution is 2.39. The van der Waals surface area contributed by atoms with Crippen LogP contribution in [0.4, 0.5) is 11.4 Å². The molecule has 2 aromatic rings. The maximum atomic E-state index is 13.4. The molecule has 0 radical (unpaired) electrons. The Balaban J connectivity index is 1.54. The van der Waals surface area contributed by atoms with Gasteiger partial charge in [-0.2, -0.15) is 4.31 Å². The molecule has 0 saturated carbocycles. The van der Waals surface area contributed by atoms with Crippen LogP contribution in [-0.2, 0) is 19.6 Å². The molecule has 2 N–H and O–H groups in total. The van der Waals surface area contributed by atoms with Crippen molar-refractivity contribution < 1.29 is 32.2 Å². The molecule has 13 heteroatoms. The molecular formula is C22H23Cl2N3O7S. The van der Waals surface area contributed by atoms with Crippen LogP contribution in [0, 0.1) is 5.92 Å². The first kappa shape index (κ1) is 25.4. The number of hydrogen-bond acceptors (Lipinski definition) is 7. The number of sulfonamides is 1. The van der Waals surface area contributed by atoms with Crippen LogP contribution >= 0.6 is 23.2 Å². The summed E-state index contributed by atoms with van der Waals surface area (Å²) < 4.78 is 43.9. The van der Waals surface area contributed by atoms with E-state index < -0.39 is 15.9 Å². The molecule has 2 heterocycles. The Kier molecular flexibility index (Phi) is 7.32. The lowest BCUT2D eigenvalue weighted by atomic mass is 9.98. The third-order valence-corrected chi connectivity index (χ3v) is 8.40. The van der Waals surface area contributed by atoms with Gasteiger partial charge in [-0.05, 0) is 25.0 Å². The van der Waals surface area contributed by atoms with Crippen LogP contribution in [0.2, 0.25) is 10.0 Å². The summed E-state index contributed by atoms with van der Waals surface area (Å²) in [7, 11) is -1.13. The molecule has 188 valence electrons. The molecule has 1 atom stereocenters. The highest BCUT2D eigenvalue weighted by molar-refractivity contribution is 7.89. The van der Waals surface area contributed by atoms with Crippen molar-refractivity contribution in [3.63, 3.8) is 0 Å². The van der Waals surface area contributed by atoms with Crippen LogP contribution < -0.4 is 24.8 Å². The van der Waals surface area contributed by atoms with Gasteiger partial charge >= 0.3 is 0 Å². The monoisotopic (exact) mass is 543 g/mol. The number of methoxy groups -OCH3 is 2. The lowest BCUT2D eigenvalue weighted by molar-refractivity contribution is -0.121. The Bertz CT molecular complexity index is 1290. The Morgan fingerprint density at radius 3 is 2.60 bits per heavy atom. The second-order valence-electron chi connectivity index (χ2n) is 7.99. The SMILES string of the molecule is COc1cc(OC)c(NC(=O)[C@@H]2CCCN(S(=O)(=O)c3cc4c(cc3Cl)NC(=O)CO4)C2)cc1Cl. The lowest BCUT2D eigenvalue weighted by Gasteiger charge is -2.32. The lowest BCUT2D eigenvalue weighted by Crippen LogP contribution is -2.43. The van der Waals surface area contributed by atoms with E-state index >= 15 is 0 Å². The normalized spacial score (nSPS) is 18.2. The highest BCUT2D eigenvalue weighted by atomic mass is 35.5. The van der Waals surface area contributed by atoms with Crippen molar-refractivity contribution in [3.8, 4) is 17.2 Å². The zero-order valence-electron chi connectivity index (χ0n) is 18.9. The van der Waals surface area contributed by atoms with Crippen LogP contribution in [0.15, 0.2) is 29.2 Å². The summed E-state index contributed by atoms with van der Waals surface area (Å²) in [5, 5.41) is 5.60. The van der Waals surface area contributed by atoms with Crippen molar-refractivity contribution in [3.05, 3.63) is 34.3 Å². The van der Waals surface area contributed by atoms with Crippen molar-refractivity contribution >= 4 is 56.4 Å². The Morgan fingerprint density at radius 2 is 1.89 bits per heavy atom. The van der Waals surface area contributed by atoms with Gasteiger partial charge in [0.15, 0.2) is 6.61 Å². The Morgan fingerprint density at radius 1 is 1.14 bits per heavy atom. The maximum Gasteiger partial charge on any atom is 0.262 e. The van der Waals surface area contributed by atoms with Crippen molar-refractivity contribution in [1.82, 2.24) is 4.31 Å². The van der Waals surface area contributed by atoms with E-state index in [0.29, 0.717) is 35.7 Å². The fraction of sp³-hybridized carbons (Fsp3) is 0.364. The number of amides is 2. The van der Waals surface area contributed by atoms with Crippen molar-refractivity contribution in [2.75, 3.05) is 44.5 Å². The summed E-state index contributed by atoms with van der Waals surface area (Å²) in [4.78, 5) is 24.4. The third kappa shape index (κ3) is 5.13. The summed E-state index contributed by atoms with van der Waals surface area (Å²) in [5.41, 5.74) is 0.647. The molecule has 0 unspecified atom stereocenters. The molecule has 1 saturated heterocycles. The number of ether oxygens (including phenoxy) is 3. The zero-order valence-corrected chi connectivity index (χ0v) is 21.2. The molecule has 2 aromatic carbocycles. The first-order valence-corrected chi connectivity index (χ1v) is 12.8. The maximum absolute atomic E-state index is 13.4. The second kappa shape index (κ2) is 10.1. The number of benzene rings is 2. The van der Waals surface area contributed by atoms with Crippen LogP contribution in [0.5, 0.6) is 17.2 Å². The molecule has 0 spiro atoms. The average molecular weight is 544 g/mol. The smallest absolute Gasteiger partial charge is 0.262 e. The molecule has 4 rings (SSSR count). The van der Waals surface area contributed by atoms with Crippen LogP contribution in [0.1, 0.15) is 12.8 Å². The standard InChI is InChI=1S/C22H23Cl2N3O7S/c1-32-17-8-18(33-2)15(6-13(17)23)26-22(29)12-4-3-5-27(10-12)35(30,31)20-9-19-16(7-14(20)24)25-21(28)11-34-19/h6-9,12H,3-5,10-11H2,1-2H3,(H,25,28)(H,26,29)/t12-/m1/s1. The molecular weight excluding hydrogens is 521 g/mol. The Hall–Kier alpha value is -2.73.